The molecule has 8 nitrogen and oxygen atoms in total. The monoisotopic (exact) mass is 483 g/mol. The van der Waals surface area contributed by atoms with Crippen molar-refractivity contribution in [2.24, 2.45) is 10.9 Å². The minimum absolute atomic E-state index is 0.0285. The minimum Gasteiger partial charge on any atom is -0.369 e. The number of benzene rings is 2. The summed E-state index contributed by atoms with van der Waals surface area (Å²) in [6.45, 7) is 9.08. The van der Waals surface area contributed by atoms with Gasteiger partial charge in [-0.3, -0.25) is 19.4 Å². The Hall–Kier alpha value is -2.91. The van der Waals surface area contributed by atoms with Crippen molar-refractivity contribution in [1.29, 1.82) is 0 Å². The molecule has 2 aliphatic rings. The number of para-hydroxylation sites is 1. The quantitative estimate of drug-likeness (QED) is 0.600. The molecule has 4 rings (SSSR count). The molecule has 0 bridgehead atoms. The normalized spacial score (nSPS) is 20.4. The molecule has 34 heavy (non-hydrogen) atoms. The van der Waals surface area contributed by atoms with E-state index in [4.69, 9.17) is 0 Å². The maximum atomic E-state index is 13.1. The summed E-state index contributed by atoms with van der Waals surface area (Å²) >= 11 is 0. The van der Waals surface area contributed by atoms with E-state index >= 15 is 0 Å². The zero-order valence-electron chi connectivity index (χ0n) is 19.8. The van der Waals surface area contributed by atoms with E-state index in [1.165, 1.54) is 5.69 Å². The number of nitrogens with zero attached hydrogens (tertiary/aromatic N) is 3. The van der Waals surface area contributed by atoms with Gasteiger partial charge in [0.1, 0.15) is 11.9 Å². The van der Waals surface area contributed by atoms with E-state index in [9.17, 15) is 13.2 Å². The van der Waals surface area contributed by atoms with Crippen LogP contribution in [0, 0.1) is 5.92 Å². The Bertz CT molecular complexity index is 1130. The highest BCUT2D eigenvalue weighted by molar-refractivity contribution is 7.90. The van der Waals surface area contributed by atoms with Gasteiger partial charge in [-0.25, -0.2) is 8.42 Å². The number of sulfonamides is 1. The SMILES string of the molecule is CC[C@H](C)[C@H](N=C1NS(=O)(=O)c2ccccc21)C(=O)NCCN1CCN(c2ccccc2)CC1. The van der Waals surface area contributed by atoms with Crippen molar-refractivity contribution in [2.45, 2.75) is 31.2 Å². The minimum atomic E-state index is -3.64. The number of fused-ring (bicyclic) bond motifs is 1. The molecule has 0 unspecified atom stereocenters. The highest BCUT2D eigenvalue weighted by Crippen LogP contribution is 2.24. The second-order valence-electron chi connectivity index (χ2n) is 8.86. The van der Waals surface area contributed by atoms with Crippen molar-refractivity contribution in [3.8, 4) is 0 Å². The van der Waals surface area contributed by atoms with Gasteiger partial charge in [-0.1, -0.05) is 50.6 Å². The number of carbonyl (C=O) groups is 1. The molecule has 0 aliphatic carbocycles. The number of amides is 1. The second-order valence-corrected chi connectivity index (χ2v) is 10.5. The lowest BCUT2D eigenvalue weighted by atomic mass is 9.98. The summed E-state index contributed by atoms with van der Waals surface area (Å²) in [4.78, 5) is 22.6. The van der Waals surface area contributed by atoms with Crippen LogP contribution in [0.25, 0.3) is 0 Å². The number of hydrogen-bond acceptors (Lipinski definition) is 6. The number of nitrogens with one attached hydrogen (secondary N) is 2. The third kappa shape index (κ3) is 5.42. The van der Waals surface area contributed by atoms with E-state index in [1.807, 2.05) is 19.9 Å². The van der Waals surface area contributed by atoms with Crippen molar-refractivity contribution in [3.63, 3.8) is 0 Å². The highest BCUT2D eigenvalue weighted by atomic mass is 32.2. The maximum Gasteiger partial charge on any atom is 0.263 e. The standard InChI is InChI=1S/C25H33N5O3S/c1-3-19(2)23(27-24-21-11-7-8-12-22(21)34(32,33)28-24)25(31)26-13-14-29-15-17-30(18-16-29)20-9-5-4-6-10-20/h4-12,19,23H,3,13-18H2,1-2H3,(H,26,31)(H,27,28)/t19-,23-/m0/s1. The van der Waals surface area contributed by atoms with Crippen LogP contribution in [0.1, 0.15) is 25.8 Å². The molecule has 0 saturated carbocycles. The van der Waals surface area contributed by atoms with E-state index in [1.54, 1.807) is 24.3 Å². The molecule has 1 amide bonds. The van der Waals surface area contributed by atoms with Gasteiger partial charge in [0, 0.05) is 50.5 Å². The third-order valence-electron chi connectivity index (χ3n) is 6.60. The van der Waals surface area contributed by atoms with Gasteiger partial charge in [-0.2, -0.15) is 0 Å². The number of hydrogen-bond donors (Lipinski definition) is 2. The number of anilines is 1. The molecule has 9 heteroatoms. The molecule has 2 aromatic carbocycles. The Balaban J connectivity index is 1.34. The molecule has 1 saturated heterocycles. The fourth-order valence-corrected chi connectivity index (χ4v) is 5.59. The maximum absolute atomic E-state index is 13.1. The summed E-state index contributed by atoms with van der Waals surface area (Å²) in [6, 6.07) is 16.5. The lowest BCUT2D eigenvalue weighted by molar-refractivity contribution is -0.123. The summed E-state index contributed by atoms with van der Waals surface area (Å²) in [5.74, 6) is 0.0422. The molecule has 0 radical (unpaired) electrons. The Morgan fingerprint density at radius 3 is 2.44 bits per heavy atom. The predicted molar refractivity (Wildman–Crippen MR) is 135 cm³/mol. The van der Waals surface area contributed by atoms with Crippen molar-refractivity contribution in [1.82, 2.24) is 14.9 Å². The first-order valence-electron chi connectivity index (χ1n) is 11.9. The van der Waals surface area contributed by atoms with Crippen molar-refractivity contribution in [2.75, 3.05) is 44.2 Å². The molecule has 0 spiro atoms. The number of rotatable bonds is 8. The number of piperazine rings is 1. The first-order chi connectivity index (χ1) is 16.4. The number of carbonyl (C=O) groups excluding carboxylic acids is 1. The first kappa shape index (κ1) is 24.2. The largest absolute Gasteiger partial charge is 0.369 e. The zero-order valence-corrected chi connectivity index (χ0v) is 20.6. The molecule has 2 heterocycles. The Morgan fingerprint density at radius 1 is 1.06 bits per heavy atom. The van der Waals surface area contributed by atoms with Crippen LogP contribution in [0.5, 0.6) is 0 Å². The Morgan fingerprint density at radius 2 is 1.74 bits per heavy atom. The van der Waals surface area contributed by atoms with Crippen LogP contribution >= 0.6 is 0 Å². The Labute approximate surface area is 202 Å². The van der Waals surface area contributed by atoms with E-state index < -0.39 is 16.1 Å². The van der Waals surface area contributed by atoms with Crippen LogP contribution in [-0.2, 0) is 14.8 Å². The molecule has 1 fully saturated rings. The van der Waals surface area contributed by atoms with E-state index in [0.29, 0.717) is 12.1 Å². The average Bonchev–Trinajstić information content (AvgIpc) is 3.12. The molecule has 182 valence electrons. The van der Waals surface area contributed by atoms with Gasteiger partial charge >= 0.3 is 0 Å². The van der Waals surface area contributed by atoms with Crippen LogP contribution in [0.4, 0.5) is 5.69 Å². The summed E-state index contributed by atoms with van der Waals surface area (Å²) in [5, 5.41) is 3.03. The molecule has 2 aromatic rings. The van der Waals surface area contributed by atoms with Gasteiger partial charge in [0.25, 0.3) is 10.0 Å². The molecule has 2 aliphatic heterocycles. The van der Waals surface area contributed by atoms with Gasteiger partial charge in [0.15, 0.2) is 0 Å². The van der Waals surface area contributed by atoms with Crippen LogP contribution in [0.15, 0.2) is 64.5 Å². The van der Waals surface area contributed by atoms with Crippen molar-refractivity contribution >= 4 is 27.5 Å². The Kier molecular flexibility index (Phi) is 7.53. The third-order valence-corrected chi connectivity index (χ3v) is 8.00. The van der Waals surface area contributed by atoms with Gasteiger partial charge < -0.3 is 10.2 Å². The highest BCUT2D eigenvalue weighted by Gasteiger charge is 2.33. The number of aliphatic imine (C=N–C) groups is 1. The van der Waals surface area contributed by atoms with Crippen LogP contribution in [0.2, 0.25) is 0 Å². The van der Waals surface area contributed by atoms with Crippen LogP contribution in [-0.4, -0.2) is 70.4 Å². The topological polar surface area (TPSA) is 94.1 Å². The van der Waals surface area contributed by atoms with E-state index in [2.05, 4.69) is 49.1 Å². The van der Waals surface area contributed by atoms with Crippen LogP contribution in [0.3, 0.4) is 0 Å². The van der Waals surface area contributed by atoms with E-state index in [-0.39, 0.29) is 22.6 Å². The summed E-state index contributed by atoms with van der Waals surface area (Å²) in [5.41, 5.74) is 1.76. The van der Waals surface area contributed by atoms with Crippen molar-refractivity contribution in [3.05, 3.63) is 60.2 Å². The average molecular weight is 484 g/mol. The fourth-order valence-electron chi connectivity index (χ4n) is 4.35. The summed E-state index contributed by atoms with van der Waals surface area (Å²) in [7, 11) is -3.64. The predicted octanol–water partition coefficient (Wildman–Crippen LogP) is 2.08. The summed E-state index contributed by atoms with van der Waals surface area (Å²) < 4.78 is 27.3. The fraction of sp³-hybridized carbons (Fsp3) is 0.440. The van der Waals surface area contributed by atoms with Crippen LogP contribution < -0.4 is 14.9 Å². The molecule has 2 N–H and O–H groups in total. The lowest BCUT2D eigenvalue weighted by Gasteiger charge is -2.36. The summed E-state index contributed by atoms with van der Waals surface area (Å²) in [6.07, 6.45) is 0.755. The smallest absolute Gasteiger partial charge is 0.263 e. The lowest BCUT2D eigenvalue weighted by Crippen LogP contribution is -2.49. The molecular weight excluding hydrogens is 450 g/mol. The van der Waals surface area contributed by atoms with Gasteiger partial charge in [-0.15, -0.1) is 0 Å². The van der Waals surface area contributed by atoms with Crippen molar-refractivity contribution < 1.29 is 13.2 Å². The van der Waals surface area contributed by atoms with Gasteiger partial charge in [0.05, 0.1) is 4.90 Å². The van der Waals surface area contributed by atoms with E-state index in [0.717, 1.165) is 39.1 Å². The van der Waals surface area contributed by atoms with Gasteiger partial charge in [0.2, 0.25) is 5.91 Å². The molecule has 0 aromatic heterocycles. The molecular formula is C25H33N5O3S. The number of amidine groups is 1. The molecule has 2 atom stereocenters. The second kappa shape index (κ2) is 10.6. The zero-order chi connectivity index (χ0) is 24.1. The first-order valence-corrected chi connectivity index (χ1v) is 13.4. The van der Waals surface area contributed by atoms with Gasteiger partial charge in [-0.05, 0) is 30.2 Å².